The van der Waals surface area contributed by atoms with Crippen molar-refractivity contribution in [2.24, 2.45) is 23.2 Å². The number of methoxy groups -OCH3 is 1. The molecule has 4 aliphatic carbocycles. The van der Waals surface area contributed by atoms with Gasteiger partial charge in [-0.25, -0.2) is 0 Å². The first-order chi connectivity index (χ1) is 10.7. The van der Waals surface area contributed by atoms with Gasteiger partial charge in [0.25, 0.3) is 0 Å². The molecule has 0 aromatic carbocycles. The van der Waals surface area contributed by atoms with E-state index in [2.05, 4.69) is 13.0 Å². The maximum atomic E-state index is 10.3. The van der Waals surface area contributed by atoms with Crippen LogP contribution < -0.4 is 0 Å². The Balaban J connectivity index is 1.61. The lowest BCUT2D eigenvalue weighted by Crippen LogP contribution is -2.42. The van der Waals surface area contributed by atoms with E-state index >= 15 is 0 Å². The second-order valence-electron chi connectivity index (χ2n) is 8.15. The van der Waals surface area contributed by atoms with E-state index in [1.165, 1.54) is 37.9 Å². The fourth-order valence-electron chi connectivity index (χ4n) is 6.44. The highest BCUT2D eigenvalue weighted by atomic mass is 16.5. The van der Waals surface area contributed by atoms with Gasteiger partial charge in [-0.1, -0.05) is 24.5 Å². The Hall–Kier alpha value is -0.760. The SMILES string of the molecule is CCC12CCC3C4=C(CCC3C1CC(O)C2)CC(OC)=CC4. The molecule has 2 fully saturated rings. The number of fused-ring (bicyclic) bond motifs is 4. The Morgan fingerprint density at radius 1 is 1.36 bits per heavy atom. The summed E-state index contributed by atoms with van der Waals surface area (Å²) < 4.78 is 5.49. The minimum atomic E-state index is -0.0366. The highest BCUT2D eigenvalue weighted by molar-refractivity contribution is 5.32. The summed E-state index contributed by atoms with van der Waals surface area (Å²) in [5.74, 6) is 3.58. The van der Waals surface area contributed by atoms with Crippen LogP contribution in [0.5, 0.6) is 0 Å². The van der Waals surface area contributed by atoms with Gasteiger partial charge in [-0.15, -0.1) is 0 Å². The van der Waals surface area contributed by atoms with Crippen LogP contribution in [-0.4, -0.2) is 18.3 Å². The second kappa shape index (κ2) is 5.40. The highest BCUT2D eigenvalue weighted by Crippen LogP contribution is 2.62. The molecule has 0 spiro atoms. The number of aliphatic hydroxyl groups excluding tert-OH is 1. The molecule has 0 saturated heterocycles. The van der Waals surface area contributed by atoms with E-state index in [4.69, 9.17) is 4.74 Å². The van der Waals surface area contributed by atoms with E-state index in [-0.39, 0.29) is 6.10 Å². The fourth-order valence-corrected chi connectivity index (χ4v) is 6.44. The van der Waals surface area contributed by atoms with Crippen molar-refractivity contribution >= 4 is 0 Å². The van der Waals surface area contributed by atoms with Crippen LogP contribution in [0.4, 0.5) is 0 Å². The Morgan fingerprint density at radius 3 is 3.00 bits per heavy atom. The third kappa shape index (κ3) is 2.10. The molecule has 0 aromatic heterocycles. The van der Waals surface area contributed by atoms with Crippen molar-refractivity contribution in [1.82, 2.24) is 0 Å². The van der Waals surface area contributed by atoms with E-state index in [0.29, 0.717) is 5.41 Å². The fraction of sp³-hybridized carbons (Fsp3) is 0.800. The van der Waals surface area contributed by atoms with Gasteiger partial charge in [0.05, 0.1) is 19.0 Å². The Labute approximate surface area is 134 Å². The predicted molar refractivity (Wildman–Crippen MR) is 88.3 cm³/mol. The van der Waals surface area contributed by atoms with E-state index in [1.807, 2.05) is 0 Å². The summed E-state index contributed by atoms with van der Waals surface area (Å²) in [6.45, 7) is 2.35. The van der Waals surface area contributed by atoms with Gasteiger partial charge in [0, 0.05) is 6.42 Å². The molecule has 4 aliphatic rings. The van der Waals surface area contributed by atoms with Crippen molar-refractivity contribution in [2.45, 2.75) is 70.8 Å². The van der Waals surface area contributed by atoms with Crippen LogP contribution >= 0.6 is 0 Å². The van der Waals surface area contributed by atoms with Gasteiger partial charge in [-0.05, 0) is 74.2 Å². The Bertz CT molecular complexity index is 518. The second-order valence-corrected chi connectivity index (χ2v) is 8.15. The molecule has 0 aliphatic heterocycles. The average molecular weight is 302 g/mol. The van der Waals surface area contributed by atoms with E-state index in [1.54, 1.807) is 18.3 Å². The Kier molecular flexibility index (Phi) is 3.64. The molecule has 0 heterocycles. The van der Waals surface area contributed by atoms with Crippen molar-refractivity contribution in [3.63, 3.8) is 0 Å². The topological polar surface area (TPSA) is 29.5 Å². The number of hydrogen-bond donors (Lipinski definition) is 1. The first-order valence-electron chi connectivity index (χ1n) is 9.28. The molecule has 0 aromatic rings. The third-order valence-electron chi connectivity index (χ3n) is 7.53. The summed E-state index contributed by atoms with van der Waals surface area (Å²) >= 11 is 0. The largest absolute Gasteiger partial charge is 0.501 e. The molecule has 4 rings (SSSR count). The lowest BCUT2D eigenvalue weighted by atomic mass is 9.54. The standard InChI is InChI=1S/C20H30O2/c1-3-20-9-8-17-16-7-5-15(22-2)10-13(16)4-6-18(17)19(20)11-14(21)12-20/h5,14,17-19,21H,3-4,6-12H2,1-2H3. The van der Waals surface area contributed by atoms with Crippen LogP contribution in [0.3, 0.4) is 0 Å². The average Bonchev–Trinajstić information content (AvgIpc) is 2.90. The first-order valence-corrected chi connectivity index (χ1v) is 9.28. The zero-order chi connectivity index (χ0) is 15.3. The molecule has 122 valence electrons. The zero-order valence-electron chi connectivity index (χ0n) is 14.1. The van der Waals surface area contributed by atoms with Crippen LogP contribution in [0.15, 0.2) is 23.0 Å². The van der Waals surface area contributed by atoms with Gasteiger partial charge in [0.2, 0.25) is 0 Å². The van der Waals surface area contributed by atoms with Crippen LogP contribution in [0.2, 0.25) is 0 Å². The quantitative estimate of drug-likeness (QED) is 0.756. The number of ether oxygens (including phenoxy) is 1. The van der Waals surface area contributed by atoms with Crippen molar-refractivity contribution in [2.75, 3.05) is 7.11 Å². The summed E-state index contributed by atoms with van der Waals surface area (Å²) in [7, 11) is 1.80. The van der Waals surface area contributed by atoms with Gasteiger partial charge in [0.1, 0.15) is 0 Å². The van der Waals surface area contributed by atoms with Crippen molar-refractivity contribution in [3.8, 4) is 0 Å². The van der Waals surface area contributed by atoms with Gasteiger partial charge >= 0.3 is 0 Å². The van der Waals surface area contributed by atoms with Gasteiger partial charge in [0.15, 0.2) is 0 Å². The molecule has 22 heavy (non-hydrogen) atoms. The van der Waals surface area contributed by atoms with Crippen LogP contribution in [0.25, 0.3) is 0 Å². The molecule has 0 bridgehead atoms. The van der Waals surface area contributed by atoms with E-state index in [9.17, 15) is 5.11 Å². The Morgan fingerprint density at radius 2 is 2.23 bits per heavy atom. The summed E-state index contributed by atoms with van der Waals surface area (Å²) in [6, 6.07) is 0. The van der Waals surface area contributed by atoms with Gasteiger partial charge in [-0.3, -0.25) is 0 Å². The summed E-state index contributed by atoms with van der Waals surface area (Å²) in [6.07, 6.45) is 13.2. The van der Waals surface area contributed by atoms with Crippen LogP contribution in [-0.2, 0) is 4.74 Å². The maximum Gasteiger partial charge on any atom is 0.0959 e. The summed E-state index contributed by atoms with van der Waals surface area (Å²) in [5, 5.41) is 10.3. The smallest absolute Gasteiger partial charge is 0.0959 e. The molecule has 0 amide bonds. The van der Waals surface area contributed by atoms with Gasteiger partial charge < -0.3 is 9.84 Å². The minimum absolute atomic E-state index is 0.0366. The number of rotatable bonds is 2. The van der Waals surface area contributed by atoms with Gasteiger partial charge in [-0.2, -0.15) is 0 Å². The van der Waals surface area contributed by atoms with Crippen molar-refractivity contribution in [3.05, 3.63) is 23.0 Å². The minimum Gasteiger partial charge on any atom is -0.501 e. The molecule has 2 heteroatoms. The van der Waals surface area contributed by atoms with E-state index in [0.717, 1.165) is 43.4 Å². The maximum absolute atomic E-state index is 10.3. The van der Waals surface area contributed by atoms with Crippen LogP contribution in [0, 0.1) is 23.2 Å². The highest BCUT2D eigenvalue weighted by Gasteiger charge is 2.54. The third-order valence-corrected chi connectivity index (χ3v) is 7.53. The molecular weight excluding hydrogens is 272 g/mol. The summed E-state index contributed by atoms with van der Waals surface area (Å²) in [5.41, 5.74) is 3.90. The molecule has 5 atom stereocenters. The first kappa shape index (κ1) is 14.8. The van der Waals surface area contributed by atoms with E-state index < -0.39 is 0 Å². The summed E-state index contributed by atoms with van der Waals surface area (Å²) in [4.78, 5) is 0. The zero-order valence-corrected chi connectivity index (χ0v) is 14.1. The monoisotopic (exact) mass is 302 g/mol. The normalized spacial score (nSPS) is 44.0. The molecule has 1 N–H and O–H groups in total. The molecule has 5 unspecified atom stereocenters. The molecule has 0 radical (unpaired) electrons. The van der Waals surface area contributed by atoms with Crippen LogP contribution in [0.1, 0.15) is 64.7 Å². The number of aliphatic hydroxyl groups is 1. The molecule has 2 saturated carbocycles. The molecular formula is C20H30O2. The molecule has 2 nitrogen and oxygen atoms in total. The number of hydrogen-bond acceptors (Lipinski definition) is 2. The van der Waals surface area contributed by atoms with Crippen molar-refractivity contribution in [1.29, 1.82) is 0 Å². The predicted octanol–water partition coefficient (Wildman–Crippen LogP) is 4.59. The number of allylic oxidation sites excluding steroid dienone is 3. The van der Waals surface area contributed by atoms with Crippen molar-refractivity contribution < 1.29 is 9.84 Å². The lowest BCUT2D eigenvalue weighted by Gasteiger charge is -2.51. The lowest BCUT2D eigenvalue weighted by molar-refractivity contribution is 0.0247.